The van der Waals surface area contributed by atoms with Crippen molar-refractivity contribution < 1.29 is 18.3 Å². The van der Waals surface area contributed by atoms with Gasteiger partial charge in [-0.05, 0) is 6.42 Å². The van der Waals surface area contributed by atoms with Crippen LogP contribution < -0.4 is 0 Å². The van der Waals surface area contributed by atoms with Crippen LogP contribution in [0.5, 0.6) is 0 Å². The normalized spacial score (nSPS) is 18.5. The lowest BCUT2D eigenvalue weighted by molar-refractivity contribution is 0.0690. The van der Waals surface area contributed by atoms with Gasteiger partial charge < -0.3 is 10.1 Å². The van der Waals surface area contributed by atoms with Gasteiger partial charge in [-0.25, -0.2) is 13.2 Å². The van der Waals surface area contributed by atoms with Crippen molar-refractivity contribution >= 4 is 15.8 Å². The Morgan fingerprint density at radius 3 is 2.85 bits per heavy atom. The quantitative estimate of drug-likeness (QED) is 0.671. The zero-order valence-electron chi connectivity index (χ0n) is 6.57. The maximum atomic E-state index is 11.3. The third kappa shape index (κ3) is 1.06. The molecule has 0 amide bonds. The second kappa shape index (κ2) is 2.35. The third-order valence-corrected chi connectivity index (χ3v) is 3.89. The summed E-state index contributed by atoms with van der Waals surface area (Å²) in [5, 5.41) is 8.68. The molecule has 0 unspecified atom stereocenters. The number of carboxylic acids is 1. The topological polar surface area (TPSA) is 87.2 Å². The predicted molar refractivity (Wildman–Crippen MR) is 43.5 cm³/mol. The number of H-pyrrole nitrogens is 1. The summed E-state index contributed by atoms with van der Waals surface area (Å²) in [5.41, 5.74) is 0.406. The maximum Gasteiger partial charge on any atom is 0.352 e. The summed E-state index contributed by atoms with van der Waals surface area (Å²) >= 11 is 0. The summed E-state index contributed by atoms with van der Waals surface area (Å²) in [7, 11) is -3.21. The predicted octanol–water partition coefficient (Wildman–Crippen LogP) is 0.0427. The minimum Gasteiger partial charge on any atom is -0.477 e. The minimum atomic E-state index is -3.21. The van der Waals surface area contributed by atoms with Crippen molar-refractivity contribution in [3.05, 3.63) is 17.5 Å². The fraction of sp³-hybridized carbons (Fsp3) is 0.286. The molecule has 70 valence electrons. The Labute approximate surface area is 74.3 Å². The van der Waals surface area contributed by atoms with E-state index in [2.05, 4.69) is 4.98 Å². The first-order valence-corrected chi connectivity index (χ1v) is 5.34. The summed E-state index contributed by atoms with van der Waals surface area (Å²) < 4.78 is 22.6. The van der Waals surface area contributed by atoms with Crippen molar-refractivity contribution in [3.63, 3.8) is 0 Å². The molecule has 2 rings (SSSR count). The van der Waals surface area contributed by atoms with Gasteiger partial charge in [0.15, 0.2) is 9.84 Å². The monoisotopic (exact) mass is 201 g/mol. The molecule has 1 aromatic heterocycles. The number of hydrogen-bond donors (Lipinski definition) is 2. The second-order valence-corrected chi connectivity index (χ2v) is 4.96. The molecule has 0 spiro atoms. The molecule has 0 atom stereocenters. The number of hydrogen-bond acceptors (Lipinski definition) is 3. The second-order valence-electron chi connectivity index (χ2n) is 2.88. The first kappa shape index (κ1) is 8.31. The van der Waals surface area contributed by atoms with Crippen molar-refractivity contribution in [1.29, 1.82) is 0 Å². The van der Waals surface area contributed by atoms with Crippen LogP contribution in [0.1, 0.15) is 16.1 Å². The van der Waals surface area contributed by atoms with E-state index < -0.39 is 15.8 Å². The van der Waals surface area contributed by atoms with E-state index in [0.29, 0.717) is 12.0 Å². The average Bonchev–Trinajstić information content (AvgIpc) is 2.52. The number of sulfone groups is 1. The number of aromatic carboxylic acids is 1. The van der Waals surface area contributed by atoms with E-state index in [1.54, 1.807) is 0 Å². The van der Waals surface area contributed by atoms with Gasteiger partial charge in [0.1, 0.15) is 5.69 Å². The van der Waals surface area contributed by atoms with Crippen LogP contribution in [0.15, 0.2) is 11.1 Å². The Morgan fingerprint density at radius 1 is 1.54 bits per heavy atom. The van der Waals surface area contributed by atoms with Crippen LogP contribution in [0.25, 0.3) is 0 Å². The Morgan fingerprint density at radius 2 is 2.23 bits per heavy atom. The molecular weight excluding hydrogens is 194 g/mol. The highest BCUT2D eigenvalue weighted by atomic mass is 32.2. The smallest absolute Gasteiger partial charge is 0.352 e. The van der Waals surface area contributed by atoms with E-state index in [-0.39, 0.29) is 16.3 Å². The lowest BCUT2D eigenvalue weighted by atomic mass is 10.2. The highest BCUT2D eigenvalue weighted by molar-refractivity contribution is 7.91. The van der Waals surface area contributed by atoms with Crippen LogP contribution in [0.4, 0.5) is 0 Å². The molecule has 1 aliphatic heterocycles. The fourth-order valence-electron chi connectivity index (χ4n) is 1.50. The van der Waals surface area contributed by atoms with E-state index in [1.807, 2.05) is 0 Å². The third-order valence-electron chi connectivity index (χ3n) is 2.12. The van der Waals surface area contributed by atoms with Gasteiger partial charge in [0.25, 0.3) is 0 Å². The highest BCUT2D eigenvalue weighted by Crippen LogP contribution is 2.28. The SMILES string of the molecule is O=C(O)c1[nH]cc2c1CCS2(=O)=O. The van der Waals surface area contributed by atoms with Crippen LogP contribution in [0.3, 0.4) is 0 Å². The average molecular weight is 201 g/mol. The van der Waals surface area contributed by atoms with E-state index in [0.717, 1.165) is 0 Å². The Hall–Kier alpha value is -1.30. The van der Waals surface area contributed by atoms with E-state index in [9.17, 15) is 13.2 Å². The molecule has 1 aromatic rings. The van der Waals surface area contributed by atoms with Crippen molar-refractivity contribution in [2.24, 2.45) is 0 Å². The molecule has 2 N–H and O–H groups in total. The van der Waals surface area contributed by atoms with Crippen LogP contribution >= 0.6 is 0 Å². The Balaban J connectivity index is 2.67. The molecule has 1 aliphatic rings. The van der Waals surface area contributed by atoms with Gasteiger partial charge in [0, 0.05) is 11.8 Å². The van der Waals surface area contributed by atoms with Gasteiger partial charge >= 0.3 is 5.97 Å². The molecular formula is C7H7NO4S. The molecule has 6 heteroatoms. The molecule has 5 nitrogen and oxygen atoms in total. The van der Waals surface area contributed by atoms with Gasteiger partial charge in [0.2, 0.25) is 0 Å². The zero-order valence-corrected chi connectivity index (χ0v) is 7.39. The van der Waals surface area contributed by atoms with Gasteiger partial charge in [-0.15, -0.1) is 0 Å². The van der Waals surface area contributed by atoms with Crippen molar-refractivity contribution in [2.45, 2.75) is 11.3 Å². The van der Waals surface area contributed by atoms with Gasteiger partial charge in [-0.1, -0.05) is 0 Å². The molecule has 0 radical (unpaired) electrons. The molecule has 0 saturated carbocycles. The molecule has 0 fully saturated rings. The molecule has 13 heavy (non-hydrogen) atoms. The van der Waals surface area contributed by atoms with Crippen LogP contribution in [-0.4, -0.2) is 30.2 Å². The molecule has 0 aliphatic carbocycles. The van der Waals surface area contributed by atoms with Crippen LogP contribution in [-0.2, 0) is 16.3 Å². The van der Waals surface area contributed by atoms with Gasteiger partial charge in [-0.3, -0.25) is 0 Å². The number of rotatable bonds is 1. The summed E-state index contributed by atoms with van der Waals surface area (Å²) in [5.74, 6) is -1.09. The first-order chi connectivity index (χ1) is 6.02. The summed E-state index contributed by atoms with van der Waals surface area (Å²) in [6, 6.07) is 0. The standard InChI is InChI=1S/C7H7NO4S/c9-7(10)6-4-1-2-13(11,12)5(4)3-8-6/h3,8H,1-2H2,(H,9,10). The summed E-state index contributed by atoms with van der Waals surface area (Å²) in [6.45, 7) is 0. The molecule has 0 saturated heterocycles. The number of aromatic nitrogens is 1. The zero-order chi connectivity index (χ0) is 9.64. The lowest BCUT2D eigenvalue weighted by Gasteiger charge is -1.90. The molecule has 0 aromatic carbocycles. The minimum absolute atomic E-state index is 0.00363. The van der Waals surface area contributed by atoms with E-state index in [1.165, 1.54) is 6.20 Å². The van der Waals surface area contributed by atoms with Crippen molar-refractivity contribution in [2.75, 3.05) is 5.75 Å². The van der Waals surface area contributed by atoms with Crippen LogP contribution in [0.2, 0.25) is 0 Å². The Bertz CT molecular complexity index is 471. The number of nitrogens with one attached hydrogen (secondary N) is 1. The number of fused-ring (bicyclic) bond motifs is 1. The number of carboxylic acid groups (broad SMARTS) is 1. The molecule has 0 bridgehead atoms. The van der Waals surface area contributed by atoms with E-state index in [4.69, 9.17) is 5.11 Å². The Kier molecular flexibility index (Phi) is 1.50. The first-order valence-electron chi connectivity index (χ1n) is 3.68. The number of carbonyl (C=O) groups is 1. The van der Waals surface area contributed by atoms with Gasteiger partial charge in [0.05, 0.1) is 10.6 Å². The largest absolute Gasteiger partial charge is 0.477 e. The fourth-order valence-corrected chi connectivity index (χ4v) is 3.01. The van der Waals surface area contributed by atoms with Crippen molar-refractivity contribution in [1.82, 2.24) is 4.98 Å². The lowest BCUT2D eigenvalue weighted by Crippen LogP contribution is -2.01. The number of aromatic amines is 1. The van der Waals surface area contributed by atoms with E-state index >= 15 is 0 Å². The van der Waals surface area contributed by atoms with Gasteiger partial charge in [-0.2, -0.15) is 0 Å². The summed E-state index contributed by atoms with van der Waals surface area (Å²) in [4.78, 5) is 13.2. The summed E-state index contributed by atoms with van der Waals surface area (Å²) in [6.07, 6.45) is 1.55. The molecule has 2 heterocycles. The van der Waals surface area contributed by atoms with Crippen LogP contribution in [0, 0.1) is 0 Å². The van der Waals surface area contributed by atoms with Crippen molar-refractivity contribution in [3.8, 4) is 0 Å². The maximum absolute atomic E-state index is 11.3. The highest BCUT2D eigenvalue weighted by Gasteiger charge is 2.31.